The van der Waals surface area contributed by atoms with E-state index in [-0.39, 0.29) is 12.1 Å². The molecule has 0 aliphatic rings. The summed E-state index contributed by atoms with van der Waals surface area (Å²) in [6.07, 6.45) is 0.748. The van der Waals surface area contributed by atoms with E-state index in [0.29, 0.717) is 10.9 Å². The van der Waals surface area contributed by atoms with Crippen molar-refractivity contribution < 1.29 is 9.53 Å². The molecule has 0 radical (unpaired) electrons. The average Bonchev–Trinajstić information content (AvgIpc) is 2.03. The van der Waals surface area contributed by atoms with Gasteiger partial charge in [0.2, 0.25) is 0 Å². The highest BCUT2D eigenvalue weighted by Crippen LogP contribution is 2.07. The fourth-order valence-electron chi connectivity index (χ4n) is 0.541. The number of rotatable bonds is 5. The van der Waals surface area contributed by atoms with Gasteiger partial charge >= 0.3 is 5.97 Å². The van der Waals surface area contributed by atoms with Gasteiger partial charge in [0.25, 0.3) is 0 Å². The molecule has 0 heterocycles. The van der Waals surface area contributed by atoms with Crippen LogP contribution in [0.2, 0.25) is 0 Å². The van der Waals surface area contributed by atoms with Crippen LogP contribution in [0.5, 0.6) is 0 Å². The maximum Gasteiger partial charge on any atom is 0.333 e. The maximum atomic E-state index is 11.0. The van der Waals surface area contributed by atoms with E-state index < -0.39 is 0 Å². The van der Waals surface area contributed by atoms with Crippen LogP contribution in [0.3, 0.4) is 0 Å². The molecule has 70 valence electrons. The standard InChI is InChI=1S/C8H12Br2O2/c1-6(2)8(11)12-7(5-10)3-4-9/h7H,1,3-5H2,2H3. The van der Waals surface area contributed by atoms with Crippen LogP contribution in [0.15, 0.2) is 12.2 Å². The lowest BCUT2D eigenvalue weighted by Crippen LogP contribution is -2.20. The fourth-order valence-corrected chi connectivity index (χ4v) is 1.51. The van der Waals surface area contributed by atoms with Gasteiger partial charge in [0.1, 0.15) is 6.10 Å². The molecule has 0 aromatic heterocycles. The Hall–Kier alpha value is 0.170. The highest BCUT2D eigenvalue weighted by molar-refractivity contribution is 9.09. The van der Waals surface area contributed by atoms with Crippen molar-refractivity contribution in [3.63, 3.8) is 0 Å². The summed E-state index contributed by atoms with van der Waals surface area (Å²) in [5.41, 5.74) is 0.440. The van der Waals surface area contributed by atoms with Gasteiger partial charge in [-0.25, -0.2) is 4.79 Å². The minimum absolute atomic E-state index is 0.0615. The largest absolute Gasteiger partial charge is 0.458 e. The van der Waals surface area contributed by atoms with Crippen molar-refractivity contribution in [2.24, 2.45) is 0 Å². The second kappa shape index (κ2) is 6.66. The molecule has 0 N–H and O–H groups in total. The minimum atomic E-state index is -0.319. The summed E-state index contributed by atoms with van der Waals surface area (Å²) in [7, 11) is 0. The SMILES string of the molecule is C=C(C)C(=O)OC(CBr)CCBr. The summed E-state index contributed by atoms with van der Waals surface area (Å²) in [5, 5.41) is 1.49. The molecule has 0 aliphatic carbocycles. The molecule has 4 heteroatoms. The first-order chi connectivity index (χ1) is 5.61. The van der Waals surface area contributed by atoms with Gasteiger partial charge in [-0.3, -0.25) is 0 Å². The molecule has 12 heavy (non-hydrogen) atoms. The third-order valence-corrected chi connectivity index (χ3v) is 2.41. The van der Waals surface area contributed by atoms with Gasteiger partial charge in [-0.05, 0) is 13.3 Å². The van der Waals surface area contributed by atoms with Crippen LogP contribution < -0.4 is 0 Å². The molecule has 0 amide bonds. The number of alkyl halides is 2. The number of hydrogen-bond acceptors (Lipinski definition) is 2. The Kier molecular flexibility index (Phi) is 6.76. The van der Waals surface area contributed by atoms with Crippen molar-refractivity contribution >= 4 is 37.8 Å². The monoisotopic (exact) mass is 298 g/mol. The van der Waals surface area contributed by atoms with Gasteiger partial charge in [-0.1, -0.05) is 38.4 Å². The van der Waals surface area contributed by atoms with E-state index in [2.05, 4.69) is 38.4 Å². The average molecular weight is 300 g/mol. The minimum Gasteiger partial charge on any atom is -0.458 e. The van der Waals surface area contributed by atoms with Gasteiger partial charge in [0.05, 0.1) is 0 Å². The van der Waals surface area contributed by atoms with E-state index in [1.807, 2.05) is 0 Å². The molecule has 0 rings (SSSR count). The molecular formula is C8H12Br2O2. The Bertz CT molecular complexity index is 168. The van der Waals surface area contributed by atoms with Crippen molar-refractivity contribution in [2.45, 2.75) is 19.4 Å². The highest BCUT2D eigenvalue weighted by atomic mass is 79.9. The first-order valence-corrected chi connectivity index (χ1v) is 5.84. The fraction of sp³-hybridized carbons (Fsp3) is 0.625. The summed E-state index contributed by atoms with van der Waals surface area (Å²) in [5.74, 6) is -0.319. The van der Waals surface area contributed by atoms with E-state index in [1.165, 1.54) is 0 Å². The Balaban J connectivity index is 3.85. The van der Waals surface area contributed by atoms with Crippen LogP contribution in [-0.2, 0) is 9.53 Å². The first-order valence-electron chi connectivity index (χ1n) is 3.60. The molecule has 0 bridgehead atoms. The maximum absolute atomic E-state index is 11.0. The summed E-state index contributed by atoms with van der Waals surface area (Å²) in [6, 6.07) is 0. The molecular weight excluding hydrogens is 288 g/mol. The topological polar surface area (TPSA) is 26.3 Å². The zero-order chi connectivity index (χ0) is 9.56. The highest BCUT2D eigenvalue weighted by Gasteiger charge is 2.12. The van der Waals surface area contributed by atoms with E-state index in [9.17, 15) is 4.79 Å². The second-order valence-electron chi connectivity index (χ2n) is 2.44. The number of carbonyl (C=O) groups is 1. The van der Waals surface area contributed by atoms with E-state index in [4.69, 9.17) is 4.74 Å². The molecule has 0 aromatic carbocycles. The van der Waals surface area contributed by atoms with Crippen LogP contribution in [0, 0.1) is 0 Å². The van der Waals surface area contributed by atoms with Crippen LogP contribution in [-0.4, -0.2) is 22.7 Å². The molecule has 0 aliphatic heterocycles. The molecule has 0 saturated carbocycles. The molecule has 0 fully saturated rings. The van der Waals surface area contributed by atoms with Crippen LogP contribution >= 0.6 is 31.9 Å². The van der Waals surface area contributed by atoms with Gasteiger partial charge < -0.3 is 4.74 Å². The Morgan fingerprint density at radius 2 is 2.17 bits per heavy atom. The van der Waals surface area contributed by atoms with Gasteiger partial charge in [-0.15, -0.1) is 0 Å². The summed E-state index contributed by atoms with van der Waals surface area (Å²) < 4.78 is 5.09. The molecule has 2 nitrogen and oxygen atoms in total. The van der Waals surface area contributed by atoms with Crippen molar-refractivity contribution in [3.8, 4) is 0 Å². The smallest absolute Gasteiger partial charge is 0.333 e. The third kappa shape index (κ3) is 4.93. The van der Waals surface area contributed by atoms with Crippen molar-refractivity contribution in [1.29, 1.82) is 0 Å². The Morgan fingerprint density at radius 3 is 2.50 bits per heavy atom. The third-order valence-electron chi connectivity index (χ3n) is 1.23. The zero-order valence-corrected chi connectivity index (χ0v) is 10.2. The van der Waals surface area contributed by atoms with Crippen molar-refractivity contribution in [1.82, 2.24) is 0 Å². The summed E-state index contributed by atoms with van der Waals surface area (Å²) >= 11 is 6.55. The lowest BCUT2D eigenvalue weighted by atomic mass is 10.3. The molecule has 0 aromatic rings. The summed E-state index contributed by atoms with van der Waals surface area (Å²) in [4.78, 5) is 11.0. The summed E-state index contributed by atoms with van der Waals surface area (Å²) in [6.45, 7) is 5.14. The quantitative estimate of drug-likeness (QED) is 0.443. The zero-order valence-electron chi connectivity index (χ0n) is 6.98. The van der Waals surface area contributed by atoms with E-state index in [0.717, 1.165) is 11.8 Å². The lowest BCUT2D eigenvalue weighted by Gasteiger charge is -2.13. The van der Waals surface area contributed by atoms with Gasteiger partial charge in [0.15, 0.2) is 0 Å². The predicted octanol–water partition coefficient (Wildman–Crippen LogP) is 2.65. The molecule has 1 atom stereocenters. The lowest BCUT2D eigenvalue weighted by molar-refractivity contribution is -0.143. The van der Waals surface area contributed by atoms with E-state index >= 15 is 0 Å². The molecule has 0 saturated heterocycles. The normalized spacial score (nSPS) is 12.2. The van der Waals surface area contributed by atoms with Crippen LogP contribution in [0.1, 0.15) is 13.3 Å². The van der Waals surface area contributed by atoms with Crippen molar-refractivity contribution in [3.05, 3.63) is 12.2 Å². The number of hydrogen-bond donors (Lipinski definition) is 0. The number of carbonyl (C=O) groups excluding carboxylic acids is 1. The van der Waals surface area contributed by atoms with E-state index in [1.54, 1.807) is 6.92 Å². The van der Waals surface area contributed by atoms with Gasteiger partial charge in [0, 0.05) is 16.2 Å². The number of esters is 1. The second-order valence-corrected chi connectivity index (χ2v) is 3.88. The predicted molar refractivity (Wildman–Crippen MR) is 56.9 cm³/mol. The first kappa shape index (κ1) is 12.2. The Labute approximate surface area is 89.6 Å². The number of ether oxygens (including phenoxy) is 1. The van der Waals surface area contributed by atoms with Crippen molar-refractivity contribution in [2.75, 3.05) is 10.7 Å². The van der Waals surface area contributed by atoms with Gasteiger partial charge in [-0.2, -0.15) is 0 Å². The van der Waals surface area contributed by atoms with Crippen LogP contribution in [0.25, 0.3) is 0 Å². The van der Waals surface area contributed by atoms with Crippen LogP contribution in [0.4, 0.5) is 0 Å². The molecule has 1 unspecified atom stereocenters. The molecule has 0 spiro atoms. The number of halogens is 2. The Morgan fingerprint density at radius 1 is 1.58 bits per heavy atom.